The van der Waals surface area contributed by atoms with Crippen LogP contribution in [0.15, 0.2) is 40.8 Å². The van der Waals surface area contributed by atoms with Gasteiger partial charge in [-0.15, -0.1) is 0 Å². The van der Waals surface area contributed by atoms with E-state index in [1.54, 1.807) is 19.1 Å². The molecule has 1 heterocycles. The van der Waals surface area contributed by atoms with E-state index >= 15 is 0 Å². The summed E-state index contributed by atoms with van der Waals surface area (Å²) in [5, 5.41) is 0. The van der Waals surface area contributed by atoms with Crippen molar-refractivity contribution < 1.29 is 18.7 Å². The molecule has 0 fully saturated rings. The average molecular weight is 288 g/mol. The number of benzene rings is 1. The van der Waals surface area contributed by atoms with E-state index in [1.165, 1.54) is 6.07 Å². The van der Waals surface area contributed by atoms with E-state index in [4.69, 9.17) is 9.15 Å². The summed E-state index contributed by atoms with van der Waals surface area (Å²) >= 11 is 0. The van der Waals surface area contributed by atoms with E-state index in [1.807, 2.05) is 25.1 Å². The van der Waals surface area contributed by atoms with Crippen molar-refractivity contribution in [2.24, 2.45) is 0 Å². The molecule has 2 amide bonds. The summed E-state index contributed by atoms with van der Waals surface area (Å²) in [5.74, 6) is 0.361. The number of ether oxygens (including phenoxy) is 1. The molecule has 0 saturated carbocycles. The van der Waals surface area contributed by atoms with Crippen LogP contribution in [0, 0.1) is 13.8 Å². The third kappa shape index (κ3) is 4.38. The number of amides is 2. The number of carbonyl (C=O) groups is 2. The molecule has 6 nitrogen and oxygen atoms in total. The third-order valence-corrected chi connectivity index (χ3v) is 2.64. The first-order chi connectivity index (χ1) is 10.0. The highest BCUT2D eigenvalue weighted by atomic mass is 16.5. The van der Waals surface area contributed by atoms with E-state index in [2.05, 4.69) is 10.9 Å². The van der Waals surface area contributed by atoms with Gasteiger partial charge in [0.2, 0.25) is 0 Å². The van der Waals surface area contributed by atoms with Gasteiger partial charge in [0, 0.05) is 0 Å². The van der Waals surface area contributed by atoms with Crippen molar-refractivity contribution in [3.63, 3.8) is 0 Å². The van der Waals surface area contributed by atoms with E-state index < -0.39 is 11.8 Å². The summed E-state index contributed by atoms with van der Waals surface area (Å²) in [6.07, 6.45) is 0. The Kier molecular flexibility index (Phi) is 4.61. The average Bonchev–Trinajstić information content (AvgIpc) is 2.89. The Bertz CT molecular complexity index is 649. The van der Waals surface area contributed by atoms with Crippen LogP contribution >= 0.6 is 0 Å². The molecule has 2 aromatic rings. The summed E-state index contributed by atoms with van der Waals surface area (Å²) < 4.78 is 10.4. The number of furan rings is 1. The van der Waals surface area contributed by atoms with Gasteiger partial charge in [0.15, 0.2) is 12.4 Å². The molecule has 2 N–H and O–H groups in total. The van der Waals surface area contributed by atoms with Gasteiger partial charge in [0.25, 0.3) is 5.91 Å². The fraction of sp³-hybridized carbons (Fsp3) is 0.200. The lowest BCUT2D eigenvalue weighted by atomic mass is 10.2. The van der Waals surface area contributed by atoms with Gasteiger partial charge in [-0.1, -0.05) is 12.1 Å². The van der Waals surface area contributed by atoms with Crippen LogP contribution in [0.25, 0.3) is 0 Å². The first-order valence-corrected chi connectivity index (χ1v) is 6.39. The predicted octanol–water partition coefficient (Wildman–Crippen LogP) is 1.74. The van der Waals surface area contributed by atoms with Crippen LogP contribution in [0.1, 0.15) is 21.9 Å². The summed E-state index contributed by atoms with van der Waals surface area (Å²) in [6, 6.07) is 10.5. The molecule has 21 heavy (non-hydrogen) atoms. The Morgan fingerprint density at radius 1 is 1.14 bits per heavy atom. The van der Waals surface area contributed by atoms with E-state index in [0.717, 1.165) is 5.56 Å². The molecule has 2 rings (SSSR count). The zero-order chi connectivity index (χ0) is 15.2. The lowest BCUT2D eigenvalue weighted by Gasteiger charge is -2.08. The summed E-state index contributed by atoms with van der Waals surface area (Å²) in [7, 11) is 0. The molecule has 0 unspecified atom stereocenters. The Balaban J connectivity index is 1.76. The molecule has 0 radical (unpaired) electrons. The van der Waals surface area contributed by atoms with Crippen molar-refractivity contribution in [1.29, 1.82) is 0 Å². The summed E-state index contributed by atoms with van der Waals surface area (Å²) in [4.78, 5) is 23.2. The van der Waals surface area contributed by atoms with Gasteiger partial charge in [0.1, 0.15) is 11.5 Å². The van der Waals surface area contributed by atoms with Crippen molar-refractivity contribution in [2.45, 2.75) is 13.8 Å². The zero-order valence-electron chi connectivity index (χ0n) is 11.8. The maximum atomic E-state index is 11.6. The van der Waals surface area contributed by atoms with Crippen LogP contribution in [-0.4, -0.2) is 18.4 Å². The minimum absolute atomic E-state index is 0.132. The van der Waals surface area contributed by atoms with Crippen molar-refractivity contribution in [3.05, 3.63) is 53.5 Å². The number of aryl methyl sites for hydroxylation is 2. The second-order valence-corrected chi connectivity index (χ2v) is 4.52. The topological polar surface area (TPSA) is 80.6 Å². The first kappa shape index (κ1) is 14.6. The molecule has 1 aromatic heterocycles. The molecular formula is C15H16N2O4. The minimum atomic E-state index is -0.521. The van der Waals surface area contributed by atoms with Crippen molar-refractivity contribution in [3.8, 4) is 5.75 Å². The van der Waals surface area contributed by atoms with Gasteiger partial charge in [-0.3, -0.25) is 20.4 Å². The number of carbonyl (C=O) groups excluding carboxylic acids is 2. The monoisotopic (exact) mass is 288 g/mol. The zero-order valence-corrected chi connectivity index (χ0v) is 11.8. The molecule has 0 aliphatic heterocycles. The largest absolute Gasteiger partial charge is 0.484 e. The van der Waals surface area contributed by atoms with Crippen molar-refractivity contribution in [2.75, 3.05) is 6.61 Å². The quantitative estimate of drug-likeness (QED) is 0.840. The molecule has 0 aliphatic rings. The molecular weight excluding hydrogens is 272 g/mol. The predicted molar refractivity (Wildman–Crippen MR) is 75.7 cm³/mol. The Hall–Kier alpha value is -2.76. The highest BCUT2D eigenvalue weighted by Gasteiger charge is 2.11. The van der Waals surface area contributed by atoms with Gasteiger partial charge in [-0.05, 0) is 43.7 Å². The minimum Gasteiger partial charge on any atom is -0.484 e. The molecule has 0 atom stereocenters. The van der Waals surface area contributed by atoms with Crippen LogP contribution in [0.4, 0.5) is 0 Å². The lowest BCUT2D eigenvalue weighted by molar-refractivity contribution is -0.123. The molecule has 110 valence electrons. The maximum absolute atomic E-state index is 11.6. The fourth-order valence-corrected chi connectivity index (χ4v) is 1.63. The second kappa shape index (κ2) is 6.60. The first-order valence-electron chi connectivity index (χ1n) is 6.39. The van der Waals surface area contributed by atoms with E-state index in [9.17, 15) is 9.59 Å². The molecule has 6 heteroatoms. The fourth-order valence-electron chi connectivity index (χ4n) is 1.63. The van der Waals surface area contributed by atoms with Gasteiger partial charge in [-0.2, -0.15) is 0 Å². The standard InChI is InChI=1S/C15H16N2O4/c1-10-4-3-5-12(8-10)20-9-14(18)16-17-15(19)13-7-6-11(2)21-13/h3-8H,9H2,1-2H3,(H,16,18)(H,17,19). The number of hydrazine groups is 1. The summed E-state index contributed by atoms with van der Waals surface area (Å²) in [6.45, 7) is 3.46. The van der Waals surface area contributed by atoms with Crippen molar-refractivity contribution in [1.82, 2.24) is 10.9 Å². The van der Waals surface area contributed by atoms with Gasteiger partial charge in [-0.25, -0.2) is 0 Å². The Morgan fingerprint density at radius 2 is 1.95 bits per heavy atom. The van der Waals surface area contributed by atoms with Gasteiger partial charge in [0.05, 0.1) is 0 Å². The van der Waals surface area contributed by atoms with Crippen LogP contribution in [-0.2, 0) is 4.79 Å². The number of hydrogen-bond donors (Lipinski definition) is 2. The van der Waals surface area contributed by atoms with Crippen LogP contribution < -0.4 is 15.6 Å². The van der Waals surface area contributed by atoms with E-state index in [-0.39, 0.29) is 12.4 Å². The summed E-state index contributed by atoms with van der Waals surface area (Å²) in [5.41, 5.74) is 5.54. The van der Waals surface area contributed by atoms with Crippen molar-refractivity contribution >= 4 is 11.8 Å². The lowest BCUT2D eigenvalue weighted by Crippen LogP contribution is -2.43. The molecule has 0 saturated heterocycles. The Labute approximate surface area is 122 Å². The second-order valence-electron chi connectivity index (χ2n) is 4.52. The smallest absolute Gasteiger partial charge is 0.305 e. The molecule has 0 spiro atoms. The number of rotatable bonds is 4. The third-order valence-electron chi connectivity index (χ3n) is 2.64. The van der Waals surface area contributed by atoms with Crippen LogP contribution in [0.3, 0.4) is 0 Å². The highest BCUT2D eigenvalue weighted by Crippen LogP contribution is 2.11. The van der Waals surface area contributed by atoms with Crippen LogP contribution in [0.2, 0.25) is 0 Å². The number of nitrogens with one attached hydrogen (secondary N) is 2. The molecule has 0 bridgehead atoms. The Morgan fingerprint density at radius 3 is 2.62 bits per heavy atom. The molecule has 1 aromatic carbocycles. The van der Waals surface area contributed by atoms with Gasteiger partial charge < -0.3 is 9.15 Å². The maximum Gasteiger partial charge on any atom is 0.305 e. The number of hydrogen-bond acceptors (Lipinski definition) is 4. The normalized spacial score (nSPS) is 10.0. The van der Waals surface area contributed by atoms with Gasteiger partial charge >= 0.3 is 5.91 Å². The molecule has 0 aliphatic carbocycles. The highest BCUT2D eigenvalue weighted by molar-refractivity contribution is 5.93. The SMILES string of the molecule is Cc1cccc(OCC(=O)NNC(=O)c2ccc(C)o2)c1. The van der Waals surface area contributed by atoms with E-state index in [0.29, 0.717) is 11.5 Å². The van der Waals surface area contributed by atoms with Crippen LogP contribution in [0.5, 0.6) is 5.75 Å².